The number of carbonyl (C=O) groups excluding carboxylic acids is 1. The molecule has 0 aliphatic heterocycles. The molecule has 0 amide bonds. The van der Waals surface area contributed by atoms with Crippen LogP contribution in [-0.2, 0) is 4.29 Å². The summed E-state index contributed by atoms with van der Waals surface area (Å²) in [4.78, 5) is 10.9. The second-order valence-electron chi connectivity index (χ2n) is 2.25. The first-order chi connectivity index (χ1) is 5.63. The molecule has 5 heteroatoms. The van der Waals surface area contributed by atoms with E-state index in [1.54, 1.807) is 0 Å². The molecule has 64 valence electrons. The third-order valence-corrected chi connectivity index (χ3v) is 1.42. The van der Waals surface area contributed by atoms with Crippen LogP contribution in [0, 0.1) is 0 Å². The van der Waals surface area contributed by atoms with Crippen molar-refractivity contribution in [1.82, 2.24) is 0 Å². The van der Waals surface area contributed by atoms with Crippen LogP contribution in [0.2, 0.25) is 0 Å². The van der Waals surface area contributed by atoms with Gasteiger partial charge in [0.05, 0.1) is 5.56 Å². The van der Waals surface area contributed by atoms with Crippen molar-refractivity contribution in [1.29, 1.82) is 0 Å². The zero-order chi connectivity index (χ0) is 9.14. The number of rotatable bonds is 1. The molecule has 0 unspecified atom stereocenters. The summed E-state index contributed by atoms with van der Waals surface area (Å²) in [6.45, 7) is 0. The van der Waals surface area contributed by atoms with E-state index in [4.69, 9.17) is 23.3 Å². The topological polar surface area (TPSA) is 78.3 Å². The van der Waals surface area contributed by atoms with Gasteiger partial charge in [-0.2, -0.15) is 0 Å². The SMILES string of the molecule is Nc1cc(N)cc(C(=O)OCl)c1. The summed E-state index contributed by atoms with van der Waals surface area (Å²) in [6.07, 6.45) is 0. The summed E-state index contributed by atoms with van der Waals surface area (Å²) in [5.74, 6) is -0.671. The first-order valence-electron chi connectivity index (χ1n) is 3.12. The third kappa shape index (κ3) is 1.79. The lowest BCUT2D eigenvalue weighted by Crippen LogP contribution is -2.01. The molecule has 0 saturated carbocycles. The maximum Gasteiger partial charge on any atom is 0.356 e. The summed E-state index contributed by atoms with van der Waals surface area (Å²) >= 11 is 4.86. The summed E-state index contributed by atoms with van der Waals surface area (Å²) in [5.41, 5.74) is 11.9. The van der Waals surface area contributed by atoms with Crippen LogP contribution in [0.3, 0.4) is 0 Å². The molecule has 4 N–H and O–H groups in total. The predicted octanol–water partition coefficient (Wildman–Crippen LogP) is 1.16. The number of nitrogen functional groups attached to an aromatic ring is 2. The Labute approximate surface area is 74.2 Å². The van der Waals surface area contributed by atoms with Crippen molar-refractivity contribution >= 4 is 29.2 Å². The number of hydrogen-bond donors (Lipinski definition) is 2. The Morgan fingerprint density at radius 3 is 2.17 bits per heavy atom. The van der Waals surface area contributed by atoms with Crippen molar-refractivity contribution in [2.24, 2.45) is 0 Å². The third-order valence-electron chi connectivity index (χ3n) is 1.28. The van der Waals surface area contributed by atoms with Crippen LogP contribution in [0.4, 0.5) is 11.4 Å². The van der Waals surface area contributed by atoms with Gasteiger partial charge in [-0.05, 0) is 18.2 Å². The molecule has 0 bridgehead atoms. The number of anilines is 2. The molecule has 1 rings (SSSR count). The predicted molar refractivity (Wildman–Crippen MR) is 46.5 cm³/mol. The molecular weight excluding hydrogens is 180 g/mol. The molecule has 0 aliphatic rings. The summed E-state index contributed by atoms with van der Waals surface area (Å²) in [5, 5.41) is 0. The van der Waals surface area contributed by atoms with Crippen molar-refractivity contribution in [2.45, 2.75) is 0 Å². The first kappa shape index (κ1) is 8.67. The fourth-order valence-corrected chi connectivity index (χ4v) is 0.928. The lowest BCUT2D eigenvalue weighted by molar-refractivity contribution is 0.0751. The van der Waals surface area contributed by atoms with Gasteiger partial charge >= 0.3 is 5.97 Å². The average molecular weight is 187 g/mol. The zero-order valence-corrected chi connectivity index (χ0v) is 6.84. The van der Waals surface area contributed by atoms with Gasteiger partial charge in [-0.15, -0.1) is 0 Å². The van der Waals surface area contributed by atoms with Crippen molar-refractivity contribution in [3.63, 3.8) is 0 Å². The van der Waals surface area contributed by atoms with E-state index < -0.39 is 5.97 Å². The Bertz CT molecular complexity index is 294. The van der Waals surface area contributed by atoms with Crippen LogP contribution < -0.4 is 11.5 Å². The van der Waals surface area contributed by atoms with Gasteiger partial charge in [0, 0.05) is 11.4 Å². The standard InChI is InChI=1S/C7H7ClN2O2/c8-12-7(11)4-1-5(9)3-6(10)2-4/h1-3H,9-10H2. The van der Waals surface area contributed by atoms with E-state index in [1.807, 2.05) is 0 Å². The Morgan fingerprint density at radius 2 is 1.75 bits per heavy atom. The van der Waals surface area contributed by atoms with Crippen LogP contribution in [0.5, 0.6) is 0 Å². The quantitative estimate of drug-likeness (QED) is 0.646. The normalized spacial score (nSPS) is 9.42. The van der Waals surface area contributed by atoms with Crippen LogP contribution in [0.25, 0.3) is 0 Å². The van der Waals surface area contributed by atoms with Gasteiger partial charge in [0.2, 0.25) is 0 Å². The second kappa shape index (κ2) is 3.32. The maximum atomic E-state index is 10.9. The average Bonchev–Trinajstić information content (AvgIpc) is 2.01. The minimum Gasteiger partial charge on any atom is -0.399 e. The van der Waals surface area contributed by atoms with Gasteiger partial charge in [0.25, 0.3) is 0 Å². The molecule has 0 saturated heterocycles. The Hall–Kier alpha value is -1.42. The Balaban J connectivity index is 3.08. The molecule has 0 aromatic heterocycles. The van der Waals surface area contributed by atoms with E-state index in [9.17, 15) is 4.79 Å². The van der Waals surface area contributed by atoms with Gasteiger partial charge in [-0.3, -0.25) is 0 Å². The highest BCUT2D eigenvalue weighted by molar-refractivity contribution is 6.16. The van der Waals surface area contributed by atoms with Gasteiger partial charge < -0.3 is 15.8 Å². The molecular formula is C7H7ClN2O2. The van der Waals surface area contributed by atoms with Crippen LogP contribution in [0.15, 0.2) is 18.2 Å². The van der Waals surface area contributed by atoms with Crippen LogP contribution in [-0.4, -0.2) is 5.97 Å². The fourth-order valence-electron chi connectivity index (χ4n) is 0.839. The molecule has 0 aliphatic carbocycles. The van der Waals surface area contributed by atoms with Crippen LogP contribution >= 0.6 is 11.9 Å². The minimum absolute atomic E-state index is 0.238. The van der Waals surface area contributed by atoms with Gasteiger partial charge in [0.15, 0.2) is 0 Å². The van der Waals surface area contributed by atoms with Gasteiger partial charge in [-0.1, -0.05) is 0 Å². The van der Waals surface area contributed by atoms with E-state index in [1.165, 1.54) is 18.2 Å². The van der Waals surface area contributed by atoms with E-state index in [0.717, 1.165) is 0 Å². The molecule has 0 atom stereocenters. The van der Waals surface area contributed by atoms with E-state index in [2.05, 4.69) is 4.29 Å². The van der Waals surface area contributed by atoms with Crippen LogP contribution in [0.1, 0.15) is 10.4 Å². The smallest absolute Gasteiger partial charge is 0.356 e. The largest absolute Gasteiger partial charge is 0.399 e. The van der Waals surface area contributed by atoms with E-state index in [-0.39, 0.29) is 5.56 Å². The van der Waals surface area contributed by atoms with E-state index in [0.29, 0.717) is 11.4 Å². The number of benzene rings is 1. The number of hydrogen-bond acceptors (Lipinski definition) is 4. The number of carbonyl (C=O) groups is 1. The van der Waals surface area contributed by atoms with E-state index >= 15 is 0 Å². The zero-order valence-electron chi connectivity index (χ0n) is 6.08. The summed E-state index contributed by atoms with van der Waals surface area (Å²) < 4.78 is 3.97. The van der Waals surface area contributed by atoms with Crippen molar-refractivity contribution in [3.8, 4) is 0 Å². The highest BCUT2D eigenvalue weighted by atomic mass is 35.5. The summed E-state index contributed by atoms with van der Waals surface area (Å²) in [6, 6.07) is 4.40. The number of nitrogens with two attached hydrogens (primary N) is 2. The van der Waals surface area contributed by atoms with Crippen molar-refractivity contribution in [2.75, 3.05) is 11.5 Å². The highest BCUT2D eigenvalue weighted by Gasteiger charge is 2.07. The second-order valence-corrected chi connectivity index (χ2v) is 2.41. The molecule has 12 heavy (non-hydrogen) atoms. The fraction of sp³-hybridized carbons (Fsp3) is 0. The molecule has 4 nitrogen and oxygen atoms in total. The van der Waals surface area contributed by atoms with Gasteiger partial charge in [-0.25, -0.2) is 4.79 Å². The number of halogens is 1. The first-order valence-corrected chi connectivity index (χ1v) is 3.43. The monoisotopic (exact) mass is 186 g/mol. The molecule has 0 fully saturated rings. The highest BCUT2D eigenvalue weighted by Crippen LogP contribution is 2.14. The van der Waals surface area contributed by atoms with Crippen molar-refractivity contribution in [3.05, 3.63) is 23.8 Å². The molecule has 1 aromatic rings. The summed E-state index contributed by atoms with van der Waals surface area (Å²) in [7, 11) is 0. The maximum absolute atomic E-state index is 10.9. The molecule has 0 radical (unpaired) electrons. The molecule has 0 spiro atoms. The lowest BCUT2D eigenvalue weighted by atomic mass is 10.2. The Morgan fingerprint density at radius 1 is 1.25 bits per heavy atom. The van der Waals surface area contributed by atoms with Crippen molar-refractivity contribution < 1.29 is 9.08 Å². The molecule has 0 heterocycles. The van der Waals surface area contributed by atoms with Gasteiger partial charge in [0.1, 0.15) is 11.9 Å². The minimum atomic E-state index is -0.671. The Kier molecular flexibility index (Phi) is 2.40. The molecule has 1 aromatic carbocycles. The lowest BCUT2D eigenvalue weighted by Gasteiger charge is -2.00.